The second-order valence-electron chi connectivity index (χ2n) is 6.45. The number of benzene rings is 1. The van der Waals surface area contributed by atoms with E-state index < -0.39 is 10.0 Å². The number of hydrogen-bond acceptors (Lipinski definition) is 4. The summed E-state index contributed by atoms with van der Waals surface area (Å²) in [5, 5.41) is 3.52. The topological polar surface area (TPSA) is 117 Å². The minimum Gasteiger partial charge on any atom is -0.370 e. The lowest BCUT2D eigenvalue weighted by Gasteiger charge is -2.34. The van der Waals surface area contributed by atoms with Gasteiger partial charge in [0.05, 0.1) is 4.90 Å². The number of aliphatic imine (C=N–C) groups is 1. The number of sulfonamides is 1. The van der Waals surface area contributed by atoms with Crippen molar-refractivity contribution in [3.05, 3.63) is 29.3 Å². The van der Waals surface area contributed by atoms with Crippen LogP contribution in [0.4, 0.5) is 0 Å². The van der Waals surface area contributed by atoms with Crippen molar-refractivity contribution >= 4 is 33.5 Å². The van der Waals surface area contributed by atoms with Crippen LogP contribution in [0.3, 0.4) is 0 Å². The number of primary amides is 1. The van der Waals surface area contributed by atoms with E-state index in [0.717, 1.165) is 19.4 Å². The van der Waals surface area contributed by atoms with Gasteiger partial charge in [-0.2, -0.15) is 0 Å². The summed E-state index contributed by atoms with van der Waals surface area (Å²) in [6.45, 7) is 2.12. The monoisotopic (exact) mass is 415 g/mol. The van der Waals surface area contributed by atoms with Crippen LogP contribution < -0.4 is 15.8 Å². The smallest absolute Gasteiger partial charge is 0.240 e. The van der Waals surface area contributed by atoms with Crippen molar-refractivity contribution in [2.24, 2.45) is 16.6 Å². The molecule has 2 rings (SSSR count). The number of nitrogens with two attached hydrogens (primary N) is 1. The average molecular weight is 416 g/mol. The fraction of sp³-hybridized carbons (Fsp3) is 0.529. The summed E-state index contributed by atoms with van der Waals surface area (Å²) in [6.07, 6.45) is 2.29. The normalized spacial score (nSPS) is 18.4. The average Bonchev–Trinajstić information content (AvgIpc) is 2.61. The van der Waals surface area contributed by atoms with Crippen LogP contribution in [0.2, 0.25) is 5.02 Å². The number of carbonyl (C=O) groups is 1. The molecule has 0 spiro atoms. The number of likely N-dealkylation sites (tertiary alicyclic amines) is 1. The number of hydrogen-bond donors (Lipinski definition) is 3. The Morgan fingerprint density at radius 1 is 1.41 bits per heavy atom. The Morgan fingerprint density at radius 2 is 2.19 bits per heavy atom. The van der Waals surface area contributed by atoms with Gasteiger partial charge in [-0.15, -0.1) is 0 Å². The Kier molecular flexibility index (Phi) is 7.88. The zero-order valence-corrected chi connectivity index (χ0v) is 16.9. The zero-order chi connectivity index (χ0) is 19.9. The van der Waals surface area contributed by atoms with Gasteiger partial charge >= 0.3 is 0 Å². The first kappa shape index (κ1) is 21.5. The van der Waals surface area contributed by atoms with E-state index in [9.17, 15) is 13.2 Å². The van der Waals surface area contributed by atoms with Crippen molar-refractivity contribution < 1.29 is 13.2 Å². The second-order valence-corrected chi connectivity index (χ2v) is 8.66. The lowest BCUT2D eigenvalue weighted by atomic mass is 9.95. The number of carbonyl (C=O) groups excluding carboxylic acids is 1. The van der Waals surface area contributed by atoms with E-state index in [4.69, 9.17) is 17.3 Å². The quantitative estimate of drug-likeness (QED) is 0.345. The van der Waals surface area contributed by atoms with Crippen molar-refractivity contribution in [3.8, 4) is 0 Å². The van der Waals surface area contributed by atoms with Gasteiger partial charge in [0, 0.05) is 44.7 Å². The Balaban J connectivity index is 1.83. The molecule has 8 nitrogen and oxygen atoms in total. The van der Waals surface area contributed by atoms with Crippen LogP contribution in [0.5, 0.6) is 0 Å². The van der Waals surface area contributed by atoms with Gasteiger partial charge in [-0.05, 0) is 37.0 Å². The molecule has 1 amide bonds. The minimum absolute atomic E-state index is 0.129. The maximum absolute atomic E-state index is 12.3. The van der Waals surface area contributed by atoms with Crippen LogP contribution in [-0.2, 0) is 14.8 Å². The fourth-order valence-electron chi connectivity index (χ4n) is 3.12. The molecule has 1 aliphatic rings. The zero-order valence-electron chi connectivity index (χ0n) is 15.3. The predicted molar refractivity (Wildman–Crippen MR) is 106 cm³/mol. The maximum atomic E-state index is 12.3. The van der Waals surface area contributed by atoms with Gasteiger partial charge in [-0.3, -0.25) is 9.79 Å². The van der Waals surface area contributed by atoms with Gasteiger partial charge in [-0.25, -0.2) is 13.1 Å². The highest BCUT2D eigenvalue weighted by Gasteiger charge is 2.23. The molecule has 1 saturated heterocycles. The number of guanidine groups is 1. The van der Waals surface area contributed by atoms with Crippen molar-refractivity contribution in [3.63, 3.8) is 0 Å². The van der Waals surface area contributed by atoms with Crippen LogP contribution >= 0.6 is 11.6 Å². The first-order valence-corrected chi connectivity index (χ1v) is 10.7. The largest absolute Gasteiger partial charge is 0.370 e. The molecular formula is C17H26ClN5O3S. The third-order valence-electron chi connectivity index (χ3n) is 4.33. The molecule has 1 unspecified atom stereocenters. The van der Waals surface area contributed by atoms with E-state index in [1.807, 2.05) is 0 Å². The lowest BCUT2D eigenvalue weighted by Crippen LogP contribution is -2.48. The van der Waals surface area contributed by atoms with E-state index in [1.54, 1.807) is 19.2 Å². The van der Waals surface area contributed by atoms with Crippen molar-refractivity contribution in [2.45, 2.75) is 24.2 Å². The summed E-state index contributed by atoms with van der Waals surface area (Å²) in [7, 11) is -1.94. The molecule has 10 heteroatoms. The van der Waals surface area contributed by atoms with E-state index in [1.165, 1.54) is 12.1 Å². The Bertz CT molecular complexity index is 785. The molecule has 150 valence electrons. The molecule has 0 radical (unpaired) electrons. The van der Waals surface area contributed by atoms with E-state index in [2.05, 4.69) is 19.9 Å². The van der Waals surface area contributed by atoms with Crippen molar-refractivity contribution in [2.75, 3.05) is 33.2 Å². The molecule has 0 aliphatic carbocycles. The van der Waals surface area contributed by atoms with Crippen molar-refractivity contribution in [1.29, 1.82) is 0 Å². The van der Waals surface area contributed by atoms with Gasteiger partial charge < -0.3 is 16.0 Å². The third-order valence-corrected chi connectivity index (χ3v) is 6.02. The highest BCUT2D eigenvalue weighted by molar-refractivity contribution is 7.89. The van der Waals surface area contributed by atoms with Crippen LogP contribution in [0.1, 0.15) is 19.3 Å². The molecule has 1 aliphatic heterocycles. The number of nitrogens with one attached hydrogen (secondary N) is 2. The number of rotatable bonds is 7. The summed E-state index contributed by atoms with van der Waals surface area (Å²) in [4.78, 5) is 17.6. The molecule has 0 bridgehead atoms. The molecular weight excluding hydrogens is 390 g/mol. The summed E-state index contributed by atoms with van der Waals surface area (Å²) < 4.78 is 27.1. The van der Waals surface area contributed by atoms with Crippen LogP contribution in [-0.4, -0.2) is 58.4 Å². The Hall–Kier alpha value is -1.84. The Labute approximate surface area is 165 Å². The SMILES string of the molecule is CN=C(NCCNS(=O)(=O)c1cccc(Cl)c1)N1CCCC(CC(N)=O)C1. The molecule has 1 aromatic carbocycles. The molecule has 0 saturated carbocycles. The molecule has 1 heterocycles. The molecule has 1 fully saturated rings. The fourth-order valence-corrected chi connectivity index (χ4v) is 4.45. The van der Waals surface area contributed by atoms with Gasteiger partial charge in [0.2, 0.25) is 15.9 Å². The van der Waals surface area contributed by atoms with E-state index in [0.29, 0.717) is 30.5 Å². The first-order valence-electron chi connectivity index (χ1n) is 8.81. The van der Waals surface area contributed by atoms with Crippen LogP contribution in [0, 0.1) is 5.92 Å². The summed E-state index contributed by atoms with van der Waals surface area (Å²) >= 11 is 5.85. The summed E-state index contributed by atoms with van der Waals surface area (Å²) in [5.41, 5.74) is 5.30. The number of halogens is 1. The molecule has 27 heavy (non-hydrogen) atoms. The molecule has 1 atom stereocenters. The summed E-state index contributed by atoms with van der Waals surface area (Å²) in [6, 6.07) is 6.11. The highest BCUT2D eigenvalue weighted by atomic mass is 35.5. The first-order chi connectivity index (χ1) is 12.8. The second kappa shape index (κ2) is 9.91. The van der Waals surface area contributed by atoms with Crippen LogP contribution in [0.15, 0.2) is 34.2 Å². The molecule has 1 aromatic rings. The van der Waals surface area contributed by atoms with Crippen LogP contribution in [0.25, 0.3) is 0 Å². The highest BCUT2D eigenvalue weighted by Crippen LogP contribution is 2.19. The number of piperidine rings is 1. The maximum Gasteiger partial charge on any atom is 0.240 e. The van der Waals surface area contributed by atoms with Gasteiger partial charge in [0.25, 0.3) is 0 Å². The summed E-state index contributed by atoms with van der Waals surface area (Å²) in [5.74, 6) is 0.613. The third kappa shape index (κ3) is 6.67. The van der Waals surface area contributed by atoms with Crippen molar-refractivity contribution in [1.82, 2.24) is 14.9 Å². The van der Waals surface area contributed by atoms with E-state index >= 15 is 0 Å². The van der Waals surface area contributed by atoms with E-state index in [-0.39, 0.29) is 23.3 Å². The standard InChI is InChI=1S/C17H26ClN5O3S/c1-20-17(23-9-3-4-13(12-23)10-16(19)24)21-7-8-22-27(25,26)15-6-2-5-14(18)11-15/h2,5-6,11,13,22H,3-4,7-10,12H2,1H3,(H2,19,24)(H,20,21). The van der Waals surface area contributed by atoms with Gasteiger partial charge in [-0.1, -0.05) is 17.7 Å². The predicted octanol–water partition coefficient (Wildman–Crippen LogP) is 0.781. The molecule has 0 aromatic heterocycles. The number of nitrogens with zero attached hydrogens (tertiary/aromatic N) is 2. The number of amides is 1. The van der Waals surface area contributed by atoms with Gasteiger partial charge in [0.15, 0.2) is 5.96 Å². The minimum atomic E-state index is -3.61. The molecule has 4 N–H and O–H groups in total. The Morgan fingerprint density at radius 3 is 2.85 bits per heavy atom. The lowest BCUT2D eigenvalue weighted by molar-refractivity contribution is -0.119. The van der Waals surface area contributed by atoms with Gasteiger partial charge in [0.1, 0.15) is 0 Å².